The number of alkyl carbamates (subject to hydrolysis) is 1. The van der Waals surface area contributed by atoms with E-state index in [1.807, 2.05) is 64.0 Å². The maximum absolute atomic E-state index is 13.5. The van der Waals surface area contributed by atoms with Crippen molar-refractivity contribution in [2.75, 3.05) is 20.1 Å². The van der Waals surface area contributed by atoms with Crippen LogP contribution in [0.3, 0.4) is 0 Å². The number of rotatable bonds is 5. The van der Waals surface area contributed by atoms with Crippen molar-refractivity contribution in [3.8, 4) is 0 Å². The molecule has 0 spiro atoms. The van der Waals surface area contributed by atoms with Gasteiger partial charge in [-0.05, 0) is 72.3 Å². The Morgan fingerprint density at radius 3 is 2.32 bits per heavy atom. The van der Waals surface area contributed by atoms with Crippen LogP contribution in [-0.2, 0) is 25.3 Å². The zero-order chi connectivity index (χ0) is 25.3. The second kappa shape index (κ2) is 9.87. The largest absolute Gasteiger partial charge is 0.494 e. The smallest absolute Gasteiger partial charge is 0.444 e. The van der Waals surface area contributed by atoms with Gasteiger partial charge in [0, 0.05) is 26.6 Å². The second-order valence-corrected chi connectivity index (χ2v) is 11.3. The first-order valence-electron chi connectivity index (χ1n) is 12.1. The number of ether oxygens (including phenoxy) is 1. The summed E-state index contributed by atoms with van der Waals surface area (Å²) in [7, 11) is 1.41. The van der Waals surface area contributed by atoms with E-state index < -0.39 is 36.1 Å². The first kappa shape index (κ1) is 26.5. The lowest BCUT2D eigenvalue weighted by atomic mass is 9.78. The van der Waals surface area contributed by atoms with Gasteiger partial charge < -0.3 is 19.4 Å². The maximum Gasteiger partial charge on any atom is 0.494 e. The molecule has 0 aromatic heterocycles. The van der Waals surface area contributed by atoms with E-state index in [0.29, 0.717) is 13.0 Å². The van der Waals surface area contributed by atoms with Gasteiger partial charge in [0.25, 0.3) is 5.91 Å². The lowest BCUT2D eigenvalue weighted by molar-refractivity contribution is -0.152. The minimum Gasteiger partial charge on any atom is -0.444 e. The topological polar surface area (TPSA) is 80.3 Å². The molecule has 3 rings (SSSR count). The van der Waals surface area contributed by atoms with Gasteiger partial charge in [-0.3, -0.25) is 9.80 Å². The van der Waals surface area contributed by atoms with Crippen LogP contribution in [0.15, 0.2) is 24.3 Å². The molecule has 34 heavy (non-hydrogen) atoms. The molecule has 2 fully saturated rings. The van der Waals surface area contributed by atoms with Crippen molar-refractivity contribution in [3.63, 3.8) is 0 Å². The fourth-order valence-electron chi connectivity index (χ4n) is 4.08. The maximum atomic E-state index is 13.5. The van der Waals surface area contributed by atoms with Crippen LogP contribution in [0.4, 0.5) is 4.79 Å². The van der Waals surface area contributed by atoms with Crippen LogP contribution in [0.25, 0.3) is 0 Å². The molecule has 1 aromatic rings. The molecule has 0 aliphatic carbocycles. The van der Waals surface area contributed by atoms with E-state index in [1.165, 1.54) is 0 Å². The predicted molar refractivity (Wildman–Crippen MR) is 133 cm³/mol. The lowest BCUT2D eigenvalue weighted by Gasteiger charge is -2.38. The molecular formula is C25H40BN3O5. The van der Waals surface area contributed by atoms with Crippen LogP contribution in [0.2, 0.25) is 0 Å². The summed E-state index contributed by atoms with van der Waals surface area (Å²) in [6, 6.07) is 7.06. The molecule has 0 radical (unpaired) electrons. The summed E-state index contributed by atoms with van der Waals surface area (Å²) in [5.41, 5.74) is 0.249. The van der Waals surface area contributed by atoms with Crippen molar-refractivity contribution >= 4 is 24.6 Å². The Kier molecular flexibility index (Phi) is 7.70. The molecule has 188 valence electrons. The van der Waals surface area contributed by atoms with E-state index in [4.69, 9.17) is 14.0 Å². The first-order valence-corrected chi connectivity index (χ1v) is 12.1. The third-order valence-electron chi connectivity index (χ3n) is 6.67. The molecule has 0 saturated carbocycles. The Morgan fingerprint density at radius 2 is 1.74 bits per heavy atom. The Bertz CT molecular complexity index is 883. The number of amides is 2. The van der Waals surface area contributed by atoms with Gasteiger partial charge in [-0.1, -0.05) is 24.3 Å². The molecule has 8 nitrogen and oxygen atoms in total. The molecule has 1 atom stereocenters. The van der Waals surface area contributed by atoms with Crippen molar-refractivity contribution < 1.29 is 23.6 Å². The molecule has 2 aliphatic rings. The fourth-order valence-corrected chi connectivity index (χ4v) is 4.08. The highest BCUT2D eigenvalue weighted by Crippen LogP contribution is 2.36. The van der Waals surface area contributed by atoms with Gasteiger partial charge in [-0.25, -0.2) is 9.80 Å². The number of nitrogens with zero attached hydrogens (tertiary/aromatic N) is 2. The summed E-state index contributed by atoms with van der Waals surface area (Å²) in [6.45, 7) is 14.9. The summed E-state index contributed by atoms with van der Waals surface area (Å²) in [5.74, 6) is -0.144. The fraction of sp³-hybridized carbons (Fsp3) is 0.680. The van der Waals surface area contributed by atoms with Crippen LogP contribution in [-0.4, -0.2) is 72.1 Å². The van der Waals surface area contributed by atoms with E-state index in [-0.39, 0.29) is 5.91 Å². The summed E-state index contributed by atoms with van der Waals surface area (Å²) in [6.07, 6.45) is 1.70. The quantitative estimate of drug-likeness (QED) is 0.663. The summed E-state index contributed by atoms with van der Waals surface area (Å²) in [4.78, 5) is 26.1. The average molecular weight is 473 g/mol. The molecule has 2 saturated heterocycles. The van der Waals surface area contributed by atoms with Crippen molar-refractivity contribution in [3.05, 3.63) is 29.8 Å². The molecule has 1 N–H and O–H groups in total. The van der Waals surface area contributed by atoms with Crippen molar-refractivity contribution in [2.45, 2.75) is 90.6 Å². The van der Waals surface area contributed by atoms with Gasteiger partial charge >= 0.3 is 13.2 Å². The number of carbonyl (C=O) groups is 2. The van der Waals surface area contributed by atoms with Gasteiger partial charge in [-0.2, -0.15) is 0 Å². The zero-order valence-electron chi connectivity index (χ0n) is 21.9. The number of benzene rings is 1. The number of hydrazine groups is 1. The molecule has 2 heterocycles. The van der Waals surface area contributed by atoms with Gasteiger partial charge in [0.05, 0.1) is 11.2 Å². The third-order valence-corrected chi connectivity index (χ3v) is 6.67. The predicted octanol–water partition coefficient (Wildman–Crippen LogP) is 2.89. The van der Waals surface area contributed by atoms with Crippen LogP contribution in [0.1, 0.15) is 66.9 Å². The standard InChI is InChI=1S/C25H40BN3O5/c1-23(2,3)32-22(31)27-20(21(30)29-15-10-9-14-28(29)8)17-18-12-11-13-19(16-18)26-33-24(4,5)25(6,7)34-26/h11-13,16,20H,9-10,14-15,17H2,1-8H3,(H,27,31)/t20-/m0/s1. The van der Waals surface area contributed by atoms with E-state index in [2.05, 4.69) is 5.32 Å². The van der Waals surface area contributed by atoms with Gasteiger partial charge in [0.15, 0.2) is 0 Å². The highest BCUT2D eigenvalue weighted by Gasteiger charge is 2.51. The van der Waals surface area contributed by atoms with Crippen LogP contribution >= 0.6 is 0 Å². The molecular weight excluding hydrogens is 433 g/mol. The van der Waals surface area contributed by atoms with Gasteiger partial charge in [0.2, 0.25) is 0 Å². The molecule has 9 heteroatoms. The van der Waals surface area contributed by atoms with E-state index in [0.717, 1.165) is 30.4 Å². The number of hydrogen-bond acceptors (Lipinski definition) is 6. The zero-order valence-corrected chi connectivity index (χ0v) is 21.9. The highest BCUT2D eigenvalue weighted by molar-refractivity contribution is 6.62. The molecule has 2 amide bonds. The van der Waals surface area contributed by atoms with Crippen molar-refractivity contribution in [2.24, 2.45) is 0 Å². The van der Waals surface area contributed by atoms with E-state index in [1.54, 1.807) is 25.8 Å². The van der Waals surface area contributed by atoms with Crippen molar-refractivity contribution in [1.29, 1.82) is 0 Å². The second-order valence-electron chi connectivity index (χ2n) is 11.3. The number of carbonyl (C=O) groups excluding carboxylic acids is 2. The minimum absolute atomic E-state index is 0.144. The number of hydrogen-bond donors (Lipinski definition) is 1. The Morgan fingerprint density at radius 1 is 1.12 bits per heavy atom. The van der Waals surface area contributed by atoms with Crippen LogP contribution in [0.5, 0.6) is 0 Å². The lowest BCUT2D eigenvalue weighted by Crippen LogP contribution is -2.56. The first-order chi connectivity index (χ1) is 15.7. The normalized spacial score (nSPS) is 21.3. The molecule has 0 bridgehead atoms. The Hall–Kier alpha value is -2.10. The van der Waals surface area contributed by atoms with E-state index >= 15 is 0 Å². The summed E-state index contributed by atoms with van der Waals surface area (Å²) < 4.78 is 17.8. The minimum atomic E-state index is -0.760. The summed E-state index contributed by atoms with van der Waals surface area (Å²) in [5, 5.41) is 6.47. The van der Waals surface area contributed by atoms with Gasteiger partial charge in [0.1, 0.15) is 11.6 Å². The third kappa shape index (κ3) is 6.31. The Balaban J connectivity index is 1.81. The molecule has 2 aliphatic heterocycles. The van der Waals surface area contributed by atoms with Crippen LogP contribution < -0.4 is 10.8 Å². The SMILES string of the molecule is CN1CCCCN1C(=O)[C@H](Cc1cccc(B2OC(C)(C)C(C)(C)O2)c1)NC(=O)OC(C)(C)C. The van der Waals surface area contributed by atoms with E-state index in [9.17, 15) is 9.59 Å². The van der Waals surface area contributed by atoms with Gasteiger partial charge in [-0.15, -0.1) is 0 Å². The van der Waals surface area contributed by atoms with Crippen LogP contribution in [0, 0.1) is 0 Å². The van der Waals surface area contributed by atoms with Crippen molar-refractivity contribution in [1.82, 2.24) is 15.3 Å². The monoisotopic (exact) mass is 473 g/mol. The molecule has 0 unspecified atom stereocenters. The molecule has 1 aromatic carbocycles. The average Bonchev–Trinajstić information content (AvgIpc) is 2.93. The summed E-state index contributed by atoms with van der Waals surface area (Å²) >= 11 is 0. The number of nitrogens with one attached hydrogen (secondary N) is 1. The Labute approximate surface area is 204 Å². The highest BCUT2D eigenvalue weighted by atomic mass is 16.7.